The summed E-state index contributed by atoms with van der Waals surface area (Å²) in [5.41, 5.74) is 4.33. The molecule has 1 aliphatic heterocycles. The number of hydrogen-bond acceptors (Lipinski definition) is 5. The lowest BCUT2D eigenvalue weighted by atomic mass is 9.94. The van der Waals surface area contributed by atoms with Crippen molar-refractivity contribution in [2.45, 2.75) is 88.9 Å². The second-order valence-electron chi connectivity index (χ2n) is 13.3. The van der Waals surface area contributed by atoms with E-state index in [1.165, 1.54) is 17.5 Å². The van der Waals surface area contributed by atoms with Crippen LogP contribution in [0.4, 0.5) is 4.79 Å². The van der Waals surface area contributed by atoms with Gasteiger partial charge in [0.25, 0.3) is 0 Å². The Kier molecular flexibility index (Phi) is 9.82. The number of pyridine rings is 1. The Morgan fingerprint density at radius 3 is 2.67 bits per heavy atom. The fourth-order valence-corrected chi connectivity index (χ4v) is 7.72. The third-order valence-corrected chi connectivity index (χ3v) is 10.5. The molecule has 2 N–H and O–H groups in total. The van der Waals surface area contributed by atoms with E-state index in [4.69, 9.17) is 16.6 Å². The number of aromatic nitrogens is 3. The lowest BCUT2D eigenvalue weighted by Crippen LogP contribution is -2.63. The van der Waals surface area contributed by atoms with Crippen molar-refractivity contribution in [2.75, 3.05) is 26.2 Å². The molecule has 45 heavy (non-hydrogen) atoms. The van der Waals surface area contributed by atoms with Crippen molar-refractivity contribution in [2.24, 2.45) is 0 Å². The zero-order valence-electron chi connectivity index (χ0n) is 26.1. The van der Waals surface area contributed by atoms with Gasteiger partial charge in [0, 0.05) is 65.8 Å². The Morgan fingerprint density at radius 2 is 1.89 bits per heavy atom. The molecule has 2 atom stereocenters. The van der Waals surface area contributed by atoms with Crippen molar-refractivity contribution in [1.82, 2.24) is 35.0 Å². The number of imidazole rings is 1. The first kappa shape index (κ1) is 32.0. The third-order valence-electron chi connectivity index (χ3n) is 9.80. The van der Waals surface area contributed by atoms with E-state index in [2.05, 4.69) is 73.1 Å². The molecule has 0 unspecified atom stereocenters. The molecule has 3 heterocycles. The minimum absolute atomic E-state index is 0.131. The van der Waals surface area contributed by atoms with Gasteiger partial charge in [0.15, 0.2) is 0 Å². The van der Waals surface area contributed by atoms with Gasteiger partial charge in [-0.15, -0.1) is 0 Å². The number of rotatable bonds is 7. The molecule has 1 saturated carbocycles. The van der Waals surface area contributed by atoms with Crippen molar-refractivity contribution in [3.05, 3.63) is 81.1 Å². The zero-order chi connectivity index (χ0) is 31.6. The van der Waals surface area contributed by atoms with Gasteiger partial charge in [0.1, 0.15) is 6.04 Å². The van der Waals surface area contributed by atoms with Crippen molar-refractivity contribution in [1.29, 1.82) is 0 Å². The summed E-state index contributed by atoms with van der Waals surface area (Å²) in [5, 5.41) is 7.17. The van der Waals surface area contributed by atoms with Crippen LogP contribution in [-0.2, 0) is 23.2 Å². The van der Waals surface area contributed by atoms with E-state index in [0.29, 0.717) is 31.2 Å². The quantitative estimate of drug-likeness (QED) is 0.323. The Labute approximate surface area is 279 Å². The van der Waals surface area contributed by atoms with Gasteiger partial charge < -0.3 is 20.1 Å². The minimum atomic E-state index is -0.642. The molecule has 2 aliphatic carbocycles. The SMILES string of the molecule is CC(C)(CCNC(=O)[C@H]1CN([C@@H]2c3ccc(Cl)cc3CCc3cc(Br)cnc32)CCN1C(=O)NC1CCCCC1)n1ccnc1. The molecule has 1 aromatic carbocycles. The number of halogens is 2. The number of benzene rings is 1. The predicted octanol–water partition coefficient (Wildman–Crippen LogP) is 5.85. The molecule has 2 aromatic heterocycles. The molecular formula is C34H43BrClN7O2. The molecule has 2 fully saturated rings. The van der Waals surface area contributed by atoms with E-state index in [0.717, 1.165) is 60.7 Å². The highest BCUT2D eigenvalue weighted by Gasteiger charge is 2.41. The van der Waals surface area contributed by atoms with Crippen LogP contribution in [0, 0.1) is 0 Å². The number of carbonyl (C=O) groups is 2. The van der Waals surface area contributed by atoms with Crippen LogP contribution in [0.2, 0.25) is 5.02 Å². The lowest BCUT2D eigenvalue weighted by Gasteiger charge is -2.44. The minimum Gasteiger partial charge on any atom is -0.354 e. The standard InChI is InChI=1S/C34H43BrClN7O2/c1-34(2,42-15-14-37-22-42)12-13-38-32(44)29-21-41(16-17-43(29)33(45)40-27-6-4-3-5-7-27)31-28-11-10-26(36)19-23(28)8-9-24-18-25(35)20-39-30(24)31/h10-11,14-15,18-20,22,27,29,31H,3-9,12-13,16-17,21H2,1-2H3,(H,38,44)(H,40,45)/t29-,31-/m1/s1. The molecule has 0 radical (unpaired) electrons. The van der Waals surface area contributed by atoms with Gasteiger partial charge >= 0.3 is 6.03 Å². The van der Waals surface area contributed by atoms with Gasteiger partial charge in [-0.1, -0.05) is 36.9 Å². The van der Waals surface area contributed by atoms with Crippen molar-refractivity contribution < 1.29 is 9.59 Å². The van der Waals surface area contributed by atoms with E-state index in [1.807, 2.05) is 18.5 Å². The Balaban J connectivity index is 1.27. The van der Waals surface area contributed by atoms with E-state index in [1.54, 1.807) is 17.4 Å². The molecule has 11 heteroatoms. The summed E-state index contributed by atoms with van der Waals surface area (Å²) in [7, 11) is 0. The van der Waals surface area contributed by atoms with Crippen molar-refractivity contribution in [3.63, 3.8) is 0 Å². The highest BCUT2D eigenvalue weighted by Crippen LogP contribution is 2.38. The molecule has 9 nitrogen and oxygen atoms in total. The summed E-state index contributed by atoms with van der Waals surface area (Å²) < 4.78 is 3.01. The summed E-state index contributed by atoms with van der Waals surface area (Å²) in [5.74, 6) is -0.131. The van der Waals surface area contributed by atoms with Gasteiger partial charge in [-0.05, 0) is 96.8 Å². The Bertz CT molecular complexity index is 1450. The second kappa shape index (κ2) is 13.8. The first-order valence-electron chi connectivity index (χ1n) is 16.2. The zero-order valence-corrected chi connectivity index (χ0v) is 28.5. The van der Waals surface area contributed by atoms with Gasteiger partial charge in [-0.25, -0.2) is 9.78 Å². The maximum Gasteiger partial charge on any atom is 0.318 e. The van der Waals surface area contributed by atoms with E-state index < -0.39 is 6.04 Å². The Morgan fingerprint density at radius 1 is 1.09 bits per heavy atom. The highest BCUT2D eigenvalue weighted by atomic mass is 79.9. The average molecular weight is 697 g/mol. The predicted molar refractivity (Wildman–Crippen MR) is 179 cm³/mol. The summed E-state index contributed by atoms with van der Waals surface area (Å²) in [6.07, 6.45) is 15.3. The molecule has 6 rings (SSSR count). The van der Waals surface area contributed by atoms with Gasteiger partial charge in [0.2, 0.25) is 5.91 Å². The van der Waals surface area contributed by atoms with Crippen LogP contribution in [0.1, 0.15) is 80.8 Å². The number of aryl methyl sites for hydroxylation is 2. The smallest absolute Gasteiger partial charge is 0.318 e. The largest absolute Gasteiger partial charge is 0.354 e. The van der Waals surface area contributed by atoms with Crippen LogP contribution in [0.3, 0.4) is 0 Å². The van der Waals surface area contributed by atoms with Crippen LogP contribution in [-0.4, -0.2) is 74.5 Å². The molecule has 0 spiro atoms. The molecule has 3 aliphatic rings. The topological polar surface area (TPSA) is 95.4 Å². The van der Waals surface area contributed by atoms with Crippen LogP contribution in [0.25, 0.3) is 0 Å². The van der Waals surface area contributed by atoms with Crippen LogP contribution < -0.4 is 10.6 Å². The molecule has 3 amide bonds. The molecule has 3 aromatic rings. The summed E-state index contributed by atoms with van der Waals surface area (Å²) >= 11 is 10.1. The van der Waals surface area contributed by atoms with Gasteiger partial charge in [-0.2, -0.15) is 0 Å². The third kappa shape index (κ3) is 7.23. The fraction of sp³-hybridized carbons (Fsp3) is 0.529. The van der Waals surface area contributed by atoms with E-state index >= 15 is 0 Å². The normalized spacial score (nSPS) is 21.0. The summed E-state index contributed by atoms with van der Waals surface area (Å²) in [4.78, 5) is 41.0. The van der Waals surface area contributed by atoms with Gasteiger partial charge in [0.05, 0.1) is 18.1 Å². The summed E-state index contributed by atoms with van der Waals surface area (Å²) in [6, 6.07) is 7.49. The van der Waals surface area contributed by atoms with Crippen LogP contribution in [0.15, 0.2) is 53.7 Å². The maximum absolute atomic E-state index is 14.0. The van der Waals surface area contributed by atoms with Crippen LogP contribution >= 0.6 is 27.5 Å². The number of piperazine rings is 1. The number of carbonyl (C=O) groups excluding carboxylic acids is 2. The average Bonchev–Trinajstić information content (AvgIpc) is 3.54. The fourth-order valence-electron chi connectivity index (χ4n) is 7.15. The molecular weight excluding hydrogens is 654 g/mol. The number of amides is 3. The summed E-state index contributed by atoms with van der Waals surface area (Å²) in [6.45, 7) is 6.22. The van der Waals surface area contributed by atoms with Crippen molar-refractivity contribution in [3.8, 4) is 0 Å². The van der Waals surface area contributed by atoms with Crippen LogP contribution in [0.5, 0.6) is 0 Å². The monoisotopic (exact) mass is 695 g/mol. The maximum atomic E-state index is 14.0. The number of hydrogen-bond donors (Lipinski definition) is 2. The molecule has 0 bridgehead atoms. The number of urea groups is 1. The second-order valence-corrected chi connectivity index (χ2v) is 14.6. The van der Waals surface area contributed by atoms with E-state index in [-0.39, 0.29) is 29.6 Å². The first-order valence-corrected chi connectivity index (χ1v) is 17.4. The number of nitrogens with zero attached hydrogens (tertiary/aromatic N) is 5. The lowest BCUT2D eigenvalue weighted by molar-refractivity contribution is -0.127. The van der Waals surface area contributed by atoms with Gasteiger partial charge in [-0.3, -0.25) is 14.7 Å². The highest BCUT2D eigenvalue weighted by molar-refractivity contribution is 9.10. The van der Waals surface area contributed by atoms with Crippen molar-refractivity contribution >= 4 is 39.5 Å². The van der Waals surface area contributed by atoms with E-state index in [9.17, 15) is 9.59 Å². The molecule has 240 valence electrons. The number of fused-ring (bicyclic) bond motifs is 2. The molecule has 1 saturated heterocycles. The number of nitrogens with one attached hydrogen (secondary N) is 2. The first-order chi connectivity index (χ1) is 21.7. The Hall–Kier alpha value is -2.95.